The Kier molecular flexibility index (Phi) is 5.54. The molecule has 19 heavy (non-hydrogen) atoms. The van der Waals surface area contributed by atoms with Crippen molar-refractivity contribution in [3.63, 3.8) is 0 Å². The number of carboxylic acids is 1. The van der Waals surface area contributed by atoms with Crippen LogP contribution < -0.4 is 0 Å². The van der Waals surface area contributed by atoms with Gasteiger partial charge in [-0.25, -0.2) is 8.42 Å². The molecule has 0 saturated heterocycles. The van der Waals surface area contributed by atoms with E-state index >= 15 is 0 Å². The molecule has 1 aromatic carbocycles. The van der Waals surface area contributed by atoms with E-state index < -0.39 is 21.7 Å². The van der Waals surface area contributed by atoms with Gasteiger partial charge in [-0.2, -0.15) is 0 Å². The lowest BCUT2D eigenvalue weighted by Crippen LogP contribution is -2.10. The predicted molar refractivity (Wildman–Crippen MR) is 74.9 cm³/mol. The number of carbonyl (C=O) groups is 1. The minimum atomic E-state index is -3.06. The highest BCUT2D eigenvalue weighted by atomic mass is 32.2. The number of unbranched alkanes of at least 4 members (excludes halogenated alkanes) is 1. The molecule has 5 heteroatoms. The smallest absolute Gasteiger partial charge is 0.310 e. The van der Waals surface area contributed by atoms with Gasteiger partial charge in [0.1, 0.15) is 0 Å². The minimum Gasteiger partial charge on any atom is -0.481 e. The Balaban J connectivity index is 2.75. The molecule has 0 amide bonds. The number of hydrogen-bond acceptors (Lipinski definition) is 3. The maximum Gasteiger partial charge on any atom is 0.310 e. The van der Waals surface area contributed by atoms with E-state index in [4.69, 9.17) is 5.11 Å². The summed E-state index contributed by atoms with van der Waals surface area (Å²) < 4.78 is 23.6. The third kappa shape index (κ3) is 5.03. The molecular formula is C14H20O4S. The number of aliphatic carboxylic acids is 1. The fourth-order valence-corrected chi connectivity index (χ4v) is 3.31. The van der Waals surface area contributed by atoms with Crippen molar-refractivity contribution in [1.82, 2.24) is 0 Å². The normalized spacial score (nSPS) is 13.2. The average Bonchev–Trinajstić information content (AvgIpc) is 2.36. The van der Waals surface area contributed by atoms with E-state index in [-0.39, 0.29) is 11.5 Å². The van der Waals surface area contributed by atoms with E-state index in [0.717, 1.165) is 6.42 Å². The van der Waals surface area contributed by atoms with Gasteiger partial charge >= 0.3 is 5.97 Å². The van der Waals surface area contributed by atoms with E-state index in [1.807, 2.05) is 6.92 Å². The van der Waals surface area contributed by atoms with Gasteiger partial charge in [0, 0.05) is 0 Å². The number of carboxylic acid groups (broad SMARTS) is 1. The first-order chi connectivity index (χ1) is 8.85. The Morgan fingerprint density at radius 1 is 1.26 bits per heavy atom. The molecule has 0 saturated carbocycles. The molecule has 1 aromatic rings. The fraction of sp³-hybridized carbons (Fsp3) is 0.500. The van der Waals surface area contributed by atoms with E-state index in [1.165, 1.54) is 0 Å². The second-order valence-corrected chi connectivity index (χ2v) is 6.93. The van der Waals surface area contributed by atoms with Crippen molar-refractivity contribution in [2.75, 3.05) is 5.75 Å². The molecule has 0 radical (unpaired) electrons. The lowest BCUT2D eigenvalue weighted by molar-refractivity contribution is -0.138. The lowest BCUT2D eigenvalue weighted by Gasteiger charge is -2.08. The molecule has 0 aliphatic carbocycles. The molecule has 1 rings (SSSR count). The molecule has 4 nitrogen and oxygen atoms in total. The summed E-state index contributed by atoms with van der Waals surface area (Å²) in [7, 11) is -3.06. The number of sulfone groups is 1. The Hall–Kier alpha value is -1.36. The van der Waals surface area contributed by atoms with Crippen molar-refractivity contribution in [3.05, 3.63) is 35.4 Å². The van der Waals surface area contributed by atoms with Gasteiger partial charge in [-0.15, -0.1) is 0 Å². The van der Waals surface area contributed by atoms with Crippen LogP contribution in [0.2, 0.25) is 0 Å². The molecule has 106 valence electrons. The predicted octanol–water partition coefficient (Wildman–Crippen LogP) is 2.59. The van der Waals surface area contributed by atoms with Crippen molar-refractivity contribution < 1.29 is 18.3 Å². The first kappa shape index (κ1) is 15.7. The van der Waals surface area contributed by atoms with Crippen molar-refractivity contribution in [2.45, 2.75) is 38.4 Å². The molecule has 0 aliphatic rings. The van der Waals surface area contributed by atoms with Gasteiger partial charge < -0.3 is 5.11 Å². The Morgan fingerprint density at radius 2 is 1.84 bits per heavy atom. The van der Waals surface area contributed by atoms with Gasteiger partial charge in [-0.3, -0.25) is 4.79 Å². The van der Waals surface area contributed by atoms with E-state index in [2.05, 4.69) is 0 Å². The Morgan fingerprint density at radius 3 is 2.32 bits per heavy atom. The number of hydrogen-bond donors (Lipinski definition) is 1. The third-order valence-corrected chi connectivity index (χ3v) is 4.73. The van der Waals surface area contributed by atoms with E-state index in [9.17, 15) is 13.2 Å². The number of rotatable bonds is 7. The molecule has 0 aliphatic heterocycles. The zero-order valence-electron chi connectivity index (χ0n) is 11.3. The molecular weight excluding hydrogens is 264 g/mol. The van der Waals surface area contributed by atoms with Crippen LogP contribution in [0.25, 0.3) is 0 Å². The Bertz CT molecular complexity index is 517. The molecule has 1 unspecified atom stereocenters. The summed E-state index contributed by atoms with van der Waals surface area (Å²) >= 11 is 0. The van der Waals surface area contributed by atoms with E-state index in [0.29, 0.717) is 17.5 Å². The summed E-state index contributed by atoms with van der Waals surface area (Å²) in [6.07, 6.45) is 1.53. The standard InChI is InChI=1S/C14H20O4S/c1-3-4-9-19(17,18)10-12-5-7-13(8-6-12)11(2)14(15)16/h5-8,11H,3-4,9-10H2,1-2H3,(H,15,16). The quantitative estimate of drug-likeness (QED) is 0.835. The van der Waals surface area contributed by atoms with Gasteiger partial charge in [0.05, 0.1) is 17.4 Å². The van der Waals surface area contributed by atoms with Gasteiger partial charge in [0.15, 0.2) is 9.84 Å². The highest BCUT2D eigenvalue weighted by Crippen LogP contribution is 2.17. The fourth-order valence-electron chi connectivity index (χ4n) is 1.74. The van der Waals surface area contributed by atoms with Crippen molar-refractivity contribution in [3.8, 4) is 0 Å². The average molecular weight is 284 g/mol. The molecule has 0 fully saturated rings. The van der Waals surface area contributed by atoms with Crippen LogP contribution in [0.3, 0.4) is 0 Å². The summed E-state index contributed by atoms with van der Waals surface area (Å²) in [6, 6.07) is 6.75. The summed E-state index contributed by atoms with van der Waals surface area (Å²) in [4.78, 5) is 10.8. The van der Waals surface area contributed by atoms with Gasteiger partial charge in [0.25, 0.3) is 0 Å². The van der Waals surface area contributed by atoms with Crippen molar-refractivity contribution in [2.24, 2.45) is 0 Å². The zero-order chi connectivity index (χ0) is 14.5. The molecule has 1 N–H and O–H groups in total. The highest BCUT2D eigenvalue weighted by molar-refractivity contribution is 7.90. The van der Waals surface area contributed by atoms with Crippen LogP contribution in [0, 0.1) is 0 Å². The van der Waals surface area contributed by atoms with Crippen LogP contribution in [-0.2, 0) is 20.4 Å². The maximum absolute atomic E-state index is 11.8. The van der Waals surface area contributed by atoms with Crippen LogP contribution in [0.4, 0.5) is 0 Å². The van der Waals surface area contributed by atoms with Crippen molar-refractivity contribution >= 4 is 15.8 Å². The van der Waals surface area contributed by atoms with Crippen molar-refractivity contribution in [1.29, 1.82) is 0 Å². The minimum absolute atomic E-state index is 0.0226. The van der Waals surface area contributed by atoms with Crippen LogP contribution in [0.15, 0.2) is 24.3 Å². The Labute approximate surface area is 114 Å². The third-order valence-electron chi connectivity index (χ3n) is 3.05. The van der Waals surface area contributed by atoms with Gasteiger partial charge in [0.2, 0.25) is 0 Å². The largest absolute Gasteiger partial charge is 0.481 e. The van der Waals surface area contributed by atoms with Crippen LogP contribution in [0.1, 0.15) is 43.7 Å². The highest BCUT2D eigenvalue weighted by Gasteiger charge is 2.15. The van der Waals surface area contributed by atoms with Gasteiger partial charge in [-0.1, -0.05) is 37.6 Å². The molecule has 0 aromatic heterocycles. The summed E-state index contributed by atoms with van der Waals surface area (Å²) in [6.45, 7) is 3.56. The molecule has 1 atom stereocenters. The lowest BCUT2D eigenvalue weighted by atomic mass is 10.0. The monoisotopic (exact) mass is 284 g/mol. The van der Waals surface area contributed by atoms with Crippen LogP contribution in [0.5, 0.6) is 0 Å². The molecule has 0 bridgehead atoms. The first-order valence-electron chi connectivity index (χ1n) is 6.38. The zero-order valence-corrected chi connectivity index (χ0v) is 12.1. The topological polar surface area (TPSA) is 71.4 Å². The summed E-state index contributed by atoms with van der Waals surface area (Å²) in [5.74, 6) is -1.24. The summed E-state index contributed by atoms with van der Waals surface area (Å²) in [5, 5.41) is 8.89. The number of benzene rings is 1. The molecule has 0 spiro atoms. The SMILES string of the molecule is CCCCS(=O)(=O)Cc1ccc(C(C)C(=O)O)cc1. The van der Waals surface area contributed by atoms with E-state index in [1.54, 1.807) is 31.2 Å². The van der Waals surface area contributed by atoms with Crippen LogP contribution >= 0.6 is 0 Å². The second kappa shape index (κ2) is 6.70. The second-order valence-electron chi connectivity index (χ2n) is 4.75. The first-order valence-corrected chi connectivity index (χ1v) is 8.20. The maximum atomic E-state index is 11.8. The van der Waals surface area contributed by atoms with Gasteiger partial charge in [-0.05, 0) is 24.5 Å². The summed E-state index contributed by atoms with van der Waals surface area (Å²) in [5.41, 5.74) is 1.39. The van der Waals surface area contributed by atoms with Crippen LogP contribution in [-0.4, -0.2) is 25.2 Å². The molecule has 0 heterocycles.